The molecule has 0 fully saturated rings. The minimum absolute atomic E-state index is 0.0988. The Balaban J connectivity index is 2.36. The molecule has 0 aliphatic rings. The number of rotatable bonds is 4. The first-order chi connectivity index (χ1) is 9.63. The van der Waals surface area contributed by atoms with Crippen LogP contribution < -0.4 is 15.7 Å². The van der Waals surface area contributed by atoms with Crippen LogP contribution in [0.15, 0.2) is 27.4 Å². The zero-order valence-electron chi connectivity index (χ0n) is 11.1. The first kappa shape index (κ1) is 13.9. The monoisotopic (exact) mass is 278 g/mol. The van der Waals surface area contributed by atoms with Gasteiger partial charge >= 0.3 is 17.8 Å². The lowest BCUT2D eigenvalue weighted by molar-refractivity contribution is 0.168. The summed E-state index contributed by atoms with van der Waals surface area (Å²) in [5.74, 6) is 0. The third-order valence-electron chi connectivity index (χ3n) is 2.40. The molecular formula is C13H14N2O5. The molecule has 0 saturated heterocycles. The Morgan fingerprint density at radius 2 is 2.15 bits per heavy atom. The van der Waals surface area contributed by atoms with Crippen molar-refractivity contribution in [2.75, 3.05) is 18.5 Å². The number of aromatic nitrogens is 1. The van der Waals surface area contributed by atoms with Gasteiger partial charge in [-0.2, -0.15) is 4.98 Å². The highest BCUT2D eigenvalue weighted by molar-refractivity contribution is 5.89. The van der Waals surface area contributed by atoms with E-state index in [1.54, 1.807) is 26.0 Å². The maximum atomic E-state index is 11.7. The maximum absolute atomic E-state index is 11.7. The number of carbonyl (C=O) groups excluding carboxylic acids is 1. The SMILES string of the molecule is CCOC(=O)Nc1ccc2c(=O)oc(OCC)nc2c1. The van der Waals surface area contributed by atoms with Crippen LogP contribution in [0.5, 0.6) is 6.08 Å². The number of carbonyl (C=O) groups is 1. The standard InChI is InChI=1S/C13H14N2O5/c1-3-18-12(17)14-8-5-6-9-10(7-8)15-13(19-4-2)20-11(9)16/h5-7H,3-4H2,1-2H3,(H,14,17). The van der Waals surface area contributed by atoms with Crippen LogP contribution in [0.4, 0.5) is 10.5 Å². The van der Waals surface area contributed by atoms with Crippen molar-refractivity contribution >= 4 is 22.7 Å². The van der Waals surface area contributed by atoms with Crippen molar-refractivity contribution in [2.24, 2.45) is 0 Å². The molecule has 0 atom stereocenters. The van der Waals surface area contributed by atoms with Gasteiger partial charge in [0.25, 0.3) is 0 Å². The molecule has 1 heterocycles. The van der Waals surface area contributed by atoms with Gasteiger partial charge in [-0.25, -0.2) is 9.59 Å². The van der Waals surface area contributed by atoms with Crippen LogP contribution >= 0.6 is 0 Å². The number of benzene rings is 1. The predicted octanol–water partition coefficient (Wildman–Crippen LogP) is 2.16. The molecule has 20 heavy (non-hydrogen) atoms. The third-order valence-corrected chi connectivity index (χ3v) is 2.40. The molecule has 7 heteroatoms. The summed E-state index contributed by atoms with van der Waals surface area (Å²) in [6.45, 7) is 4.07. The Morgan fingerprint density at radius 3 is 2.85 bits per heavy atom. The van der Waals surface area contributed by atoms with Crippen molar-refractivity contribution in [1.82, 2.24) is 4.98 Å². The fourth-order valence-corrected chi connectivity index (χ4v) is 1.60. The Labute approximate surface area is 114 Å². The van der Waals surface area contributed by atoms with Gasteiger partial charge in [0.05, 0.1) is 24.1 Å². The molecule has 0 spiro atoms. The van der Waals surface area contributed by atoms with E-state index in [-0.39, 0.29) is 12.7 Å². The van der Waals surface area contributed by atoms with E-state index in [0.717, 1.165) is 0 Å². The molecule has 0 aliphatic carbocycles. The molecule has 0 unspecified atom stereocenters. The van der Waals surface area contributed by atoms with Gasteiger partial charge in [-0.3, -0.25) is 5.32 Å². The molecule has 106 valence electrons. The van der Waals surface area contributed by atoms with Crippen LogP contribution in [0.25, 0.3) is 10.9 Å². The number of ether oxygens (including phenoxy) is 2. The molecule has 0 saturated carbocycles. The van der Waals surface area contributed by atoms with Crippen LogP contribution in [0, 0.1) is 0 Å². The fraction of sp³-hybridized carbons (Fsp3) is 0.308. The van der Waals surface area contributed by atoms with Crippen molar-refractivity contribution in [3.05, 3.63) is 28.6 Å². The van der Waals surface area contributed by atoms with Gasteiger partial charge in [-0.05, 0) is 32.0 Å². The second-order valence-corrected chi connectivity index (χ2v) is 3.78. The highest BCUT2D eigenvalue weighted by Gasteiger charge is 2.09. The molecule has 2 aromatic rings. The van der Waals surface area contributed by atoms with Gasteiger partial charge in [0.1, 0.15) is 0 Å². The van der Waals surface area contributed by atoms with E-state index in [9.17, 15) is 9.59 Å². The third kappa shape index (κ3) is 3.05. The number of anilines is 1. The number of hydrogen-bond donors (Lipinski definition) is 1. The van der Waals surface area contributed by atoms with Gasteiger partial charge in [0.15, 0.2) is 0 Å². The van der Waals surface area contributed by atoms with Crippen LogP contribution in [0.1, 0.15) is 13.8 Å². The van der Waals surface area contributed by atoms with Gasteiger partial charge in [0, 0.05) is 5.69 Å². The lowest BCUT2D eigenvalue weighted by Gasteiger charge is -2.06. The molecule has 0 aliphatic heterocycles. The number of hydrogen-bond acceptors (Lipinski definition) is 6. The number of fused-ring (bicyclic) bond motifs is 1. The first-order valence-corrected chi connectivity index (χ1v) is 6.15. The minimum atomic E-state index is -0.570. The molecule has 1 aromatic heterocycles. The molecule has 1 amide bonds. The van der Waals surface area contributed by atoms with Gasteiger partial charge < -0.3 is 13.9 Å². The van der Waals surface area contributed by atoms with Crippen molar-refractivity contribution in [2.45, 2.75) is 13.8 Å². The van der Waals surface area contributed by atoms with E-state index in [1.807, 2.05) is 0 Å². The number of nitrogens with one attached hydrogen (secondary N) is 1. The number of amides is 1. The summed E-state index contributed by atoms with van der Waals surface area (Å²) in [6, 6.07) is 4.63. The first-order valence-electron chi connectivity index (χ1n) is 6.15. The fourth-order valence-electron chi connectivity index (χ4n) is 1.60. The highest BCUT2D eigenvalue weighted by atomic mass is 16.6. The Morgan fingerprint density at radius 1 is 1.35 bits per heavy atom. The van der Waals surface area contributed by atoms with Crippen LogP contribution in [-0.2, 0) is 4.74 Å². The quantitative estimate of drug-likeness (QED) is 0.921. The summed E-state index contributed by atoms with van der Waals surface area (Å²) < 4.78 is 14.7. The van der Waals surface area contributed by atoms with E-state index in [1.165, 1.54) is 6.07 Å². The maximum Gasteiger partial charge on any atom is 0.411 e. The van der Waals surface area contributed by atoms with E-state index in [2.05, 4.69) is 10.3 Å². The zero-order valence-corrected chi connectivity index (χ0v) is 11.1. The minimum Gasteiger partial charge on any atom is -0.450 e. The summed E-state index contributed by atoms with van der Waals surface area (Å²) in [5, 5.41) is 2.84. The molecular weight excluding hydrogens is 264 g/mol. The summed E-state index contributed by atoms with van der Waals surface area (Å²) >= 11 is 0. The Hall–Kier alpha value is -2.57. The topological polar surface area (TPSA) is 90.7 Å². The van der Waals surface area contributed by atoms with E-state index in [4.69, 9.17) is 13.9 Å². The van der Waals surface area contributed by atoms with E-state index in [0.29, 0.717) is 23.2 Å². The second kappa shape index (κ2) is 6.05. The second-order valence-electron chi connectivity index (χ2n) is 3.78. The average Bonchev–Trinajstić information content (AvgIpc) is 2.39. The molecule has 0 radical (unpaired) electrons. The lowest BCUT2D eigenvalue weighted by Crippen LogP contribution is -2.13. The van der Waals surface area contributed by atoms with Crippen LogP contribution in [0.3, 0.4) is 0 Å². The summed E-state index contributed by atoms with van der Waals surface area (Å²) in [4.78, 5) is 27.1. The van der Waals surface area contributed by atoms with Crippen LogP contribution in [0.2, 0.25) is 0 Å². The zero-order chi connectivity index (χ0) is 14.5. The molecule has 2 rings (SSSR count). The Bertz CT molecular complexity index is 680. The van der Waals surface area contributed by atoms with E-state index < -0.39 is 11.7 Å². The van der Waals surface area contributed by atoms with Crippen LogP contribution in [-0.4, -0.2) is 24.3 Å². The van der Waals surface area contributed by atoms with Crippen molar-refractivity contribution in [3.63, 3.8) is 0 Å². The van der Waals surface area contributed by atoms with Crippen molar-refractivity contribution in [1.29, 1.82) is 0 Å². The summed E-state index contributed by atoms with van der Waals surface area (Å²) in [7, 11) is 0. The van der Waals surface area contributed by atoms with Crippen molar-refractivity contribution in [3.8, 4) is 6.08 Å². The molecule has 0 bridgehead atoms. The summed E-state index contributed by atoms with van der Waals surface area (Å²) in [5.41, 5.74) is 0.302. The smallest absolute Gasteiger partial charge is 0.411 e. The lowest BCUT2D eigenvalue weighted by atomic mass is 10.2. The van der Waals surface area contributed by atoms with Gasteiger partial charge in [-0.15, -0.1) is 0 Å². The normalized spacial score (nSPS) is 10.3. The Kier molecular flexibility index (Phi) is 4.19. The number of nitrogens with zero attached hydrogens (tertiary/aromatic N) is 1. The predicted molar refractivity (Wildman–Crippen MR) is 72.1 cm³/mol. The van der Waals surface area contributed by atoms with E-state index >= 15 is 0 Å². The largest absolute Gasteiger partial charge is 0.450 e. The van der Waals surface area contributed by atoms with Crippen molar-refractivity contribution < 1.29 is 18.7 Å². The highest BCUT2D eigenvalue weighted by Crippen LogP contribution is 2.17. The summed E-state index contributed by atoms with van der Waals surface area (Å²) in [6.07, 6.45) is -0.668. The molecule has 1 N–H and O–H groups in total. The molecule has 7 nitrogen and oxygen atoms in total. The molecule has 1 aromatic carbocycles. The van der Waals surface area contributed by atoms with Gasteiger partial charge in [-0.1, -0.05) is 0 Å². The van der Waals surface area contributed by atoms with Gasteiger partial charge in [0.2, 0.25) is 0 Å². The average molecular weight is 278 g/mol.